The second kappa shape index (κ2) is 5.59. The summed E-state index contributed by atoms with van der Waals surface area (Å²) in [5.41, 5.74) is 0.975. The van der Waals surface area contributed by atoms with E-state index in [9.17, 15) is 4.21 Å². The Morgan fingerprint density at radius 3 is 2.43 bits per heavy atom. The van der Waals surface area contributed by atoms with Crippen LogP contribution in [0.5, 0.6) is 0 Å². The predicted octanol–water partition coefficient (Wildman–Crippen LogP) is 3.32. The Kier molecular flexibility index (Phi) is 4.72. The zero-order valence-corrected chi connectivity index (χ0v) is 10.4. The van der Waals surface area contributed by atoms with Gasteiger partial charge in [-0.25, -0.2) is 0 Å². The van der Waals surface area contributed by atoms with Crippen LogP contribution in [-0.4, -0.2) is 16.7 Å². The van der Waals surface area contributed by atoms with Crippen molar-refractivity contribution in [3.8, 4) is 0 Å². The molecule has 0 fully saturated rings. The molecule has 0 aliphatic heterocycles. The van der Waals surface area contributed by atoms with Gasteiger partial charge in [0.25, 0.3) is 0 Å². The molecule has 4 heteroatoms. The fourth-order valence-corrected chi connectivity index (χ4v) is 1.75. The first-order valence-corrected chi connectivity index (χ1v) is 7.14. The van der Waals surface area contributed by atoms with Crippen LogP contribution in [0.2, 0.25) is 0 Å². The largest absolute Gasteiger partial charge is 0.254 e. The monoisotopic (exact) mass is 246 g/mol. The van der Waals surface area contributed by atoms with E-state index in [4.69, 9.17) is 11.6 Å². The Morgan fingerprint density at radius 2 is 2.00 bits per heavy atom. The Balaban J connectivity index is 2.88. The number of halogens is 1. The minimum atomic E-state index is -1.10. The molecule has 0 amide bonds. The molecule has 0 saturated heterocycles. The minimum Gasteiger partial charge on any atom is -0.254 e. The van der Waals surface area contributed by atoms with E-state index in [0.29, 0.717) is 4.36 Å². The molecule has 1 rings (SSSR count). The number of hydrogen-bond acceptors (Lipinski definition) is 2. The number of benzene rings is 1. The zero-order valence-electron chi connectivity index (χ0n) is 7.99. The van der Waals surface area contributed by atoms with Crippen molar-refractivity contribution in [2.45, 2.75) is 4.90 Å². The van der Waals surface area contributed by atoms with Gasteiger partial charge >= 0.3 is 0 Å². The molecule has 1 nitrogen and oxygen atoms in total. The summed E-state index contributed by atoms with van der Waals surface area (Å²) in [5, 5.41) is 0. The van der Waals surface area contributed by atoms with Gasteiger partial charge in [-0.1, -0.05) is 23.7 Å². The first-order valence-electron chi connectivity index (χ1n) is 3.98. The number of thioether (sulfide) groups is 1. The van der Waals surface area contributed by atoms with E-state index in [2.05, 4.69) is 0 Å². The van der Waals surface area contributed by atoms with Crippen molar-refractivity contribution in [2.75, 3.05) is 12.5 Å². The highest BCUT2D eigenvalue weighted by molar-refractivity contribution is 7.98. The van der Waals surface area contributed by atoms with E-state index >= 15 is 0 Å². The average Bonchev–Trinajstić information content (AvgIpc) is 2.19. The first-order chi connectivity index (χ1) is 6.63. The van der Waals surface area contributed by atoms with Gasteiger partial charge in [-0.2, -0.15) is 0 Å². The van der Waals surface area contributed by atoms with Crippen molar-refractivity contribution < 1.29 is 4.21 Å². The van der Waals surface area contributed by atoms with Crippen molar-refractivity contribution in [1.82, 2.24) is 0 Å². The van der Waals surface area contributed by atoms with Crippen LogP contribution in [0.25, 0.3) is 6.08 Å². The third-order valence-corrected chi connectivity index (χ3v) is 3.84. The van der Waals surface area contributed by atoms with E-state index in [-0.39, 0.29) is 0 Å². The Hall–Kier alpha value is -0.250. The lowest BCUT2D eigenvalue weighted by atomic mass is 10.2. The van der Waals surface area contributed by atoms with Gasteiger partial charge in [-0.05, 0) is 30.0 Å². The molecule has 1 aromatic rings. The van der Waals surface area contributed by atoms with Crippen molar-refractivity contribution in [3.63, 3.8) is 0 Å². The lowest BCUT2D eigenvalue weighted by molar-refractivity contribution is 0.691. The maximum absolute atomic E-state index is 11.0. The molecule has 0 N–H and O–H groups in total. The summed E-state index contributed by atoms with van der Waals surface area (Å²) < 4.78 is 11.4. The van der Waals surface area contributed by atoms with E-state index in [0.717, 1.165) is 5.56 Å². The Labute approximate surface area is 96.0 Å². The molecule has 0 aliphatic rings. The van der Waals surface area contributed by atoms with Gasteiger partial charge in [0, 0.05) is 11.2 Å². The molecule has 0 aromatic heterocycles. The highest BCUT2D eigenvalue weighted by Crippen LogP contribution is 2.18. The smallest absolute Gasteiger partial charge is 0.105 e. The second-order valence-corrected chi connectivity index (χ2v) is 5.53. The molecule has 14 heavy (non-hydrogen) atoms. The van der Waals surface area contributed by atoms with Crippen LogP contribution in [0.15, 0.2) is 33.5 Å². The quantitative estimate of drug-likeness (QED) is 0.761. The molecule has 76 valence electrons. The van der Waals surface area contributed by atoms with Crippen molar-refractivity contribution in [3.05, 3.63) is 34.2 Å². The van der Waals surface area contributed by atoms with Gasteiger partial charge in [0.1, 0.15) is 4.36 Å². The van der Waals surface area contributed by atoms with Crippen LogP contribution >= 0.6 is 23.4 Å². The molecule has 0 heterocycles. The molecule has 0 radical (unpaired) electrons. The fraction of sp³-hybridized carbons (Fsp3) is 0.200. The predicted molar refractivity (Wildman–Crippen MR) is 66.1 cm³/mol. The maximum Gasteiger partial charge on any atom is 0.105 e. The highest BCUT2D eigenvalue weighted by Gasteiger charge is 1.97. The van der Waals surface area contributed by atoms with E-state index in [1.54, 1.807) is 24.1 Å². The molecule has 0 spiro atoms. The lowest BCUT2D eigenvalue weighted by Gasteiger charge is -1.97. The van der Waals surface area contributed by atoms with Crippen molar-refractivity contribution >= 4 is 40.2 Å². The van der Waals surface area contributed by atoms with Crippen LogP contribution < -0.4 is 0 Å². The normalized spacial score (nSPS) is 14.1. The summed E-state index contributed by atoms with van der Waals surface area (Å²) in [6.07, 6.45) is 5.32. The minimum absolute atomic E-state index is 0.377. The molecule has 1 aromatic carbocycles. The van der Waals surface area contributed by atoms with Crippen LogP contribution in [0.3, 0.4) is 0 Å². The summed E-state index contributed by atoms with van der Waals surface area (Å²) in [5.74, 6) is 0. The maximum atomic E-state index is 11.0. The van der Waals surface area contributed by atoms with E-state index < -0.39 is 10.8 Å². The van der Waals surface area contributed by atoms with Crippen molar-refractivity contribution in [1.29, 1.82) is 0 Å². The second-order valence-electron chi connectivity index (χ2n) is 2.68. The van der Waals surface area contributed by atoms with Crippen LogP contribution in [0.4, 0.5) is 0 Å². The lowest BCUT2D eigenvalue weighted by Crippen LogP contribution is -1.83. The standard InChI is InChI=1S/C10H11ClOS2/c1-13-9-5-3-8(4-6-9)7-10(11)14(2)12/h3-7H,1-2H3/b10-7-/t14-/m1/s1. The summed E-state index contributed by atoms with van der Waals surface area (Å²) in [6, 6.07) is 7.95. The third kappa shape index (κ3) is 3.48. The van der Waals surface area contributed by atoms with Crippen molar-refractivity contribution in [2.24, 2.45) is 0 Å². The Morgan fingerprint density at radius 1 is 1.43 bits per heavy atom. The van der Waals surface area contributed by atoms with Gasteiger partial charge in [-0.3, -0.25) is 4.21 Å². The molecule has 0 bridgehead atoms. The summed E-state index contributed by atoms with van der Waals surface area (Å²) in [6.45, 7) is 0. The van der Waals surface area contributed by atoms with Gasteiger partial charge in [0.15, 0.2) is 0 Å². The number of rotatable bonds is 3. The summed E-state index contributed by atoms with van der Waals surface area (Å²) in [7, 11) is -1.10. The van der Waals surface area contributed by atoms with E-state index in [1.807, 2.05) is 30.5 Å². The van der Waals surface area contributed by atoms with Gasteiger partial charge in [0.05, 0.1) is 10.8 Å². The molecule has 0 unspecified atom stereocenters. The highest BCUT2D eigenvalue weighted by atomic mass is 35.5. The Bertz CT molecular complexity index is 357. The van der Waals surface area contributed by atoms with Gasteiger partial charge < -0.3 is 0 Å². The zero-order chi connectivity index (χ0) is 10.6. The van der Waals surface area contributed by atoms with Crippen LogP contribution in [0.1, 0.15) is 5.56 Å². The van der Waals surface area contributed by atoms with Gasteiger partial charge in [0.2, 0.25) is 0 Å². The topological polar surface area (TPSA) is 17.1 Å². The average molecular weight is 247 g/mol. The van der Waals surface area contributed by atoms with E-state index in [1.165, 1.54) is 4.90 Å². The summed E-state index contributed by atoms with van der Waals surface area (Å²) in [4.78, 5) is 1.20. The molecule has 1 atom stereocenters. The molecular formula is C10H11ClOS2. The molecule has 0 saturated carbocycles. The summed E-state index contributed by atoms with van der Waals surface area (Å²) >= 11 is 7.47. The van der Waals surface area contributed by atoms with Crippen LogP contribution in [0, 0.1) is 0 Å². The molecule has 0 aliphatic carbocycles. The first kappa shape index (κ1) is 11.8. The third-order valence-electron chi connectivity index (χ3n) is 1.67. The SMILES string of the molecule is CSc1ccc(/C=C(/Cl)[S@@](C)=O)cc1. The molecular weight excluding hydrogens is 236 g/mol. The number of hydrogen-bond donors (Lipinski definition) is 0. The fourth-order valence-electron chi connectivity index (χ4n) is 0.914. The van der Waals surface area contributed by atoms with Crippen LogP contribution in [-0.2, 0) is 10.8 Å². The van der Waals surface area contributed by atoms with Gasteiger partial charge in [-0.15, -0.1) is 11.8 Å².